The lowest BCUT2D eigenvalue weighted by Crippen LogP contribution is -2.19. The molecule has 5 nitrogen and oxygen atoms in total. The Morgan fingerprint density at radius 3 is 2.41 bits per heavy atom. The van der Waals surface area contributed by atoms with Gasteiger partial charge in [0.05, 0.1) is 23.2 Å². The molecule has 0 saturated heterocycles. The van der Waals surface area contributed by atoms with E-state index in [1.807, 2.05) is 42.5 Å². The van der Waals surface area contributed by atoms with Crippen molar-refractivity contribution < 1.29 is 14.3 Å². The average molecular weight is 443 g/mol. The third-order valence-corrected chi connectivity index (χ3v) is 5.15. The standard InChI is InChI=1S/C26H19ClN2O3/c27-24-11-4-3-10-23(24)26(31)32-21-14-12-18(13-15-21)17-28-29-25(30)16-20-8-5-7-19-6-1-2-9-22(19)20/h1-15,17H,16H2,(H,29,30)/b28-17-. The number of carbonyl (C=O) groups is 2. The fraction of sp³-hybridized carbons (Fsp3) is 0.0385. The summed E-state index contributed by atoms with van der Waals surface area (Å²) in [6.45, 7) is 0. The van der Waals surface area contributed by atoms with Crippen molar-refractivity contribution in [1.29, 1.82) is 0 Å². The molecule has 6 heteroatoms. The highest BCUT2D eigenvalue weighted by Crippen LogP contribution is 2.20. The van der Waals surface area contributed by atoms with Gasteiger partial charge >= 0.3 is 5.97 Å². The van der Waals surface area contributed by atoms with E-state index in [0.29, 0.717) is 16.3 Å². The minimum Gasteiger partial charge on any atom is -0.423 e. The van der Waals surface area contributed by atoms with E-state index in [1.165, 1.54) is 6.21 Å². The van der Waals surface area contributed by atoms with Gasteiger partial charge in [-0.1, -0.05) is 66.2 Å². The summed E-state index contributed by atoms with van der Waals surface area (Å²) in [6, 6.07) is 27.3. The lowest BCUT2D eigenvalue weighted by atomic mass is 10.0. The Hall–Kier alpha value is -3.96. The van der Waals surface area contributed by atoms with Crippen molar-refractivity contribution in [3.05, 3.63) is 113 Å². The highest BCUT2D eigenvalue weighted by atomic mass is 35.5. The SMILES string of the molecule is O=C(Cc1cccc2ccccc12)N/N=C\c1ccc(OC(=O)c2ccccc2Cl)cc1. The van der Waals surface area contributed by atoms with E-state index in [2.05, 4.69) is 10.5 Å². The van der Waals surface area contributed by atoms with Crippen LogP contribution in [0.2, 0.25) is 5.02 Å². The predicted molar refractivity (Wildman–Crippen MR) is 126 cm³/mol. The molecular formula is C26H19ClN2O3. The number of amides is 1. The zero-order chi connectivity index (χ0) is 22.3. The fourth-order valence-corrected chi connectivity index (χ4v) is 3.46. The Labute approximate surface area is 190 Å². The van der Waals surface area contributed by atoms with Crippen LogP contribution in [-0.2, 0) is 11.2 Å². The number of rotatable bonds is 6. The van der Waals surface area contributed by atoms with E-state index < -0.39 is 5.97 Å². The number of fused-ring (bicyclic) bond motifs is 1. The van der Waals surface area contributed by atoms with E-state index >= 15 is 0 Å². The van der Waals surface area contributed by atoms with E-state index in [9.17, 15) is 9.59 Å². The Morgan fingerprint density at radius 2 is 1.59 bits per heavy atom. The topological polar surface area (TPSA) is 67.8 Å². The van der Waals surface area contributed by atoms with Crippen molar-refractivity contribution in [1.82, 2.24) is 5.43 Å². The van der Waals surface area contributed by atoms with Gasteiger partial charge in [0.2, 0.25) is 5.91 Å². The minimum atomic E-state index is -0.530. The molecule has 0 atom stereocenters. The summed E-state index contributed by atoms with van der Waals surface area (Å²) in [6.07, 6.45) is 1.76. The third kappa shape index (κ3) is 5.20. The number of esters is 1. The minimum absolute atomic E-state index is 0.206. The van der Waals surface area contributed by atoms with Gasteiger partial charge in [0.25, 0.3) is 0 Å². The number of ether oxygens (including phenoxy) is 1. The van der Waals surface area contributed by atoms with Crippen LogP contribution in [-0.4, -0.2) is 18.1 Å². The number of halogens is 1. The number of nitrogens with one attached hydrogen (secondary N) is 1. The van der Waals surface area contributed by atoms with E-state index in [1.54, 1.807) is 48.5 Å². The largest absolute Gasteiger partial charge is 0.423 e. The zero-order valence-electron chi connectivity index (χ0n) is 17.0. The van der Waals surface area contributed by atoms with E-state index in [0.717, 1.165) is 21.9 Å². The van der Waals surface area contributed by atoms with Gasteiger partial charge in [-0.05, 0) is 58.3 Å². The Morgan fingerprint density at radius 1 is 0.875 bits per heavy atom. The van der Waals surface area contributed by atoms with Crippen LogP contribution in [0.1, 0.15) is 21.5 Å². The van der Waals surface area contributed by atoms with Crippen LogP contribution in [0.25, 0.3) is 10.8 Å². The van der Waals surface area contributed by atoms with Crippen LogP contribution >= 0.6 is 11.6 Å². The van der Waals surface area contributed by atoms with Crippen molar-refractivity contribution in [3.63, 3.8) is 0 Å². The van der Waals surface area contributed by atoms with Gasteiger partial charge < -0.3 is 4.74 Å². The average Bonchev–Trinajstić information content (AvgIpc) is 2.81. The molecule has 4 aromatic carbocycles. The highest BCUT2D eigenvalue weighted by Gasteiger charge is 2.12. The molecule has 1 N–H and O–H groups in total. The first-order valence-electron chi connectivity index (χ1n) is 9.95. The molecule has 158 valence electrons. The van der Waals surface area contributed by atoms with Crippen molar-refractivity contribution in [2.24, 2.45) is 5.10 Å². The molecule has 0 aliphatic heterocycles. The summed E-state index contributed by atoms with van der Waals surface area (Å²) in [5, 5.41) is 6.50. The van der Waals surface area contributed by atoms with Crippen LogP contribution in [0.5, 0.6) is 5.75 Å². The first kappa shape index (κ1) is 21.3. The number of carbonyl (C=O) groups excluding carboxylic acids is 2. The zero-order valence-corrected chi connectivity index (χ0v) is 17.8. The van der Waals surface area contributed by atoms with Crippen molar-refractivity contribution in [2.45, 2.75) is 6.42 Å². The molecule has 0 radical (unpaired) electrons. The molecular weight excluding hydrogens is 424 g/mol. The summed E-state index contributed by atoms with van der Waals surface area (Å²) in [7, 11) is 0. The Bertz CT molecular complexity index is 1290. The number of nitrogens with zero attached hydrogens (tertiary/aromatic N) is 1. The van der Waals surface area contributed by atoms with Crippen molar-refractivity contribution >= 4 is 40.5 Å². The lowest BCUT2D eigenvalue weighted by Gasteiger charge is -2.06. The molecule has 1 amide bonds. The van der Waals surface area contributed by atoms with E-state index in [-0.39, 0.29) is 12.3 Å². The van der Waals surface area contributed by atoms with Crippen LogP contribution in [0, 0.1) is 0 Å². The second kappa shape index (κ2) is 9.90. The van der Waals surface area contributed by atoms with Gasteiger partial charge in [0.1, 0.15) is 5.75 Å². The van der Waals surface area contributed by atoms with Gasteiger partial charge in [-0.25, -0.2) is 10.2 Å². The number of hydrogen-bond donors (Lipinski definition) is 1. The lowest BCUT2D eigenvalue weighted by molar-refractivity contribution is -0.120. The smallest absolute Gasteiger partial charge is 0.345 e. The maximum atomic E-state index is 12.3. The molecule has 0 saturated carbocycles. The molecule has 32 heavy (non-hydrogen) atoms. The molecule has 0 aromatic heterocycles. The Balaban J connectivity index is 1.33. The highest BCUT2D eigenvalue weighted by molar-refractivity contribution is 6.33. The number of hydrazone groups is 1. The van der Waals surface area contributed by atoms with E-state index in [4.69, 9.17) is 16.3 Å². The second-order valence-corrected chi connectivity index (χ2v) is 7.45. The van der Waals surface area contributed by atoms with Gasteiger partial charge in [-0.15, -0.1) is 0 Å². The monoisotopic (exact) mass is 442 g/mol. The molecule has 0 unspecified atom stereocenters. The quantitative estimate of drug-likeness (QED) is 0.188. The number of benzene rings is 4. The van der Waals surface area contributed by atoms with Gasteiger partial charge in [0, 0.05) is 0 Å². The number of hydrogen-bond acceptors (Lipinski definition) is 4. The molecule has 0 fully saturated rings. The molecule has 4 aromatic rings. The maximum Gasteiger partial charge on any atom is 0.345 e. The summed E-state index contributed by atoms with van der Waals surface area (Å²) in [5.41, 5.74) is 4.54. The fourth-order valence-electron chi connectivity index (χ4n) is 3.25. The van der Waals surface area contributed by atoms with Crippen molar-refractivity contribution in [2.75, 3.05) is 0 Å². The van der Waals surface area contributed by atoms with Crippen molar-refractivity contribution in [3.8, 4) is 5.75 Å². The first-order chi connectivity index (χ1) is 15.6. The van der Waals surface area contributed by atoms with Crippen LogP contribution in [0.15, 0.2) is 96.1 Å². The molecule has 0 aliphatic carbocycles. The van der Waals surface area contributed by atoms with Gasteiger partial charge in [0.15, 0.2) is 0 Å². The summed E-state index contributed by atoms with van der Waals surface area (Å²) < 4.78 is 5.34. The van der Waals surface area contributed by atoms with Crippen LogP contribution in [0.3, 0.4) is 0 Å². The van der Waals surface area contributed by atoms with Gasteiger partial charge in [-0.3, -0.25) is 4.79 Å². The molecule has 0 aliphatic rings. The molecule has 0 spiro atoms. The maximum absolute atomic E-state index is 12.3. The Kier molecular flexibility index (Phi) is 6.58. The molecule has 0 bridgehead atoms. The summed E-state index contributed by atoms with van der Waals surface area (Å²) >= 11 is 6.02. The van der Waals surface area contributed by atoms with Crippen LogP contribution < -0.4 is 10.2 Å². The third-order valence-electron chi connectivity index (χ3n) is 4.82. The predicted octanol–water partition coefficient (Wildman–Crippen LogP) is 5.41. The van der Waals surface area contributed by atoms with Crippen LogP contribution in [0.4, 0.5) is 0 Å². The summed E-state index contributed by atoms with van der Waals surface area (Å²) in [4.78, 5) is 24.5. The normalized spacial score (nSPS) is 10.9. The molecule has 0 heterocycles. The first-order valence-corrected chi connectivity index (χ1v) is 10.3. The molecule has 4 rings (SSSR count). The summed E-state index contributed by atoms with van der Waals surface area (Å²) in [5.74, 6) is -0.354. The second-order valence-electron chi connectivity index (χ2n) is 7.05. The van der Waals surface area contributed by atoms with Gasteiger partial charge in [-0.2, -0.15) is 5.10 Å².